The van der Waals surface area contributed by atoms with Gasteiger partial charge in [0.2, 0.25) is 0 Å². The van der Waals surface area contributed by atoms with Gasteiger partial charge in [-0.1, -0.05) is 20.8 Å². The molecule has 1 fully saturated rings. The molecule has 5 heteroatoms. The highest BCUT2D eigenvalue weighted by atomic mass is 16.6. The first-order valence-electron chi connectivity index (χ1n) is 7.64. The fourth-order valence-corrected chi connectivity index (χ4v) is 1.94. The maximum Gasteiger partial charge on any atom is 0.407 e. The van der Waals surface area contributed by atoms with E-state index in [1.54, 1.807) is 0 Å². The van der Waals surface area contributed by atoms with E-state index in [1.807, 2.05) is 6.92 Å². The minimum absolute atomic E-state index is 0.0167. The summed E-state index contributed by atoms with van der Waals surface area (Å²) in [5, 5.41) is 2.84. The Labute approximate surface area is 123 Å². The molecule has 1 amide bonds. The van der Waals surface area contributed by atoms with Crippen LogP contribution in [0.25, 0.3) is 0 Å². The van der Waals surface area contributed by atoms with Crippen LogP contribution >= 0.6 is 0 Å². The molecule has 0 aromatic rings. The zero-order valence-electron chi connectivity index (χ0n) is 13.7. The molecule has 1 aliphatic rings. The smallest absolute Gasteiger partial charge is 0.407 e. The SMILES string of the molecule is C[C@@H](OC(=O)NCCCN1CCN(C)CC1)C(C)(C)C. The van der Waals surface area contributed by atoms with Crippen molar-refractivity contribution in [3.05, 3.63) is 0 Å². The van der Waals surface area contributed by atoms with E-state index in [1.165, 1.54) is 0 Å². The molecule has 20 heavy (non-hydrogen) atoms. The van der Waals surface area contributed by atoms with Crippen LogP contribution in [0.2, 0.25) is 0 Å². The van der Waals surface area contributed by atoms with Crippen LogP contribution in [0, 0.1) is 5.41 Å². The van der Waals surface area contributed by atoms with Crippen LogP contribution in [0.4, 0.5) is 4.79 Å². The van der Waals surface area contributed by atoms with Crippen LogP contribution in [-0.2, 0) is 4.74 Å². The molecule has 5 nitrogen and oxygen atoms in total. The number of hydrogen-bond donors (Lipinski definition) is 1. The lowest BCUT2D eigenvalue weighted by Crippen LogP contribution is -2.45. The lowest BCUT2D eigenvalue weighted by atomic mass is 9.90. The number of rotatable bonds is 5. The highest BCUT2D eigenvalue weighted by molar-refractivity contribution is 5.67. The number of amides is 1. The Hall–Kier alpha value is -0.810. The summed E-state index contributed by atoms with van der Waals surface area (Å²) in [4.78, 5) is 16.4. The summed E-state index contributed by atoms with van der Waals surface area (Å²) in [6, 6.07) is 0. The van der Waals surface area contributed by atoms with Crippen molar-refractivity contribution in [2.24, 2.45) is 5.41 Å². The van der Waals surface area contributed by atoms with Gasteiger partial charge in [0, 0.05) is 32.7 Å². The van der Waals surface area contributed by atoms with Gasteiger partial charge in [-0.05, 0) is 32.4 Å². The monoisotopic (exact) mass is 285 g/mol. The van der Waals surface area contributed by atoms with Crippen molar-refractivity contribution in [1.82, 2.24) is 15.1 Å². The summed E-state index contributed by atoms with van der Waals surface area (Å²) in [6.45, 7) is 14.4. The summed E-state index contributed by atoms with van der Waals surface area (Å²) in [7, 11) is 2.16. The van der Waals surface area contributed by atoms with E-state index in [0.717, 1.165) is 39.1 Å². The van der Waals surface area contributed by atoms with Gasteiger partial charge in [0.25, 0.3) is 0 Å². The summed E-state index contributed by atoms with van der Waals surface area (Å²) < 4.78 is 5.35. The van der Waals surface area contributed by atoms with Crippen LogP contribution in [-0.4, -0.2) is 68.3 Å². The van der Waals surface area contributed by atoms with Gasteiger partial charge in [0.05, 0.1) is 0 Å². The molecule has 1 aliphatic heterocycles. The Balaban J connectivity index is 2.07. The first kappa shape index (κ1) is 17.2. The first-order chi connectivity index (χ1) is 9.29. The van der Waals surface area contributed by atoms with Gasteiger partial charge in [-0.2, -0.15) is 0 Å². The Bertz CT molecular complexity index is 294. The highest BCUT2D eigenvalue weighted by Crippen LogP contribution is 2.21. The average molecular weight is 285 g/mol. The molecule has 0 bridgehead atoms. The fourth-order valence-electron chi connectivity index (χ4n) is 1.94. The Morgan fingerprint density at radius 3 is 2.40 bits per heavy atom. The lowest BCUT2D eigenvalue weighted by molar-refractivity contribution is 0.0436. The van der Waals surface area contributed by atoms with Gasteiger partial charge in [-0.25, -0.2) is 4.79 Å². The van der Waals surface area contributed by atoms with E-state index in [-0.39, 0.29) is 17.6 Å². The molecular weight excluding hydrogens is 254 g/mol. The summed E-state index contributed by atoms with van der Waals surface area (Å²) in [6.07, 6.45) is 0.592. The van der Waals surface area contributed by atoms with E-state index < -0.39 is 0 Å². The van der Waals surface area contributed by atoms with Gasteiger partial charge < -0.3 is 19.9 Å². The molecule has 1 atom stereocenters. The predicted molar refractivity (Wildman–Crippen MR) is 82.0 cm³/mol. The Morgan fingerprint density at radius 1 is 1.25 bits per heavy atom. The molecular formula is C15H31N3O2. The summed E-state index contributed by atoms with van der Waals surface area (Å²) >= 11 is 0. The van der Waals surface area contributed by atoms with Crippen LogP contribution < -0.4 is 5.32 Å². The van der Waals surface area contributed by atoms with Crippen LogP contribution in [0.1, 0.15) is 34.1 Å². The molecule has 0 unspecified atom stereocenters. The minimum atomic E-state index is -0.300. The lowest BCUT2D eigenvalue weighted by Gasteiger charge is -2.32. The second-order valence-corrected chi connectivity index (χ2v) is 6.84. The maximum absolute atomic E-state index is 11.6. The van der Waals surface area contributed by atoms with Crippen molar-refractivity contribution >= 4 is 6.09 Å². The largest absolute Gasteiger partial charge is 0.446 e. The standard InChI is InChI=1S/C15H31N3O2/c1-13(15(2,3)4)20-14(19)16-7-6-8-18-11-9-17(5)10-12-18/h13H,6-12H2,1-5H3,(H,16,19)/t13-/m1/s1. The quantitative estimate of drug-likeness (QED) is 0.782. The number of carbonyl (C=O) groups is 1. The number of likely N-dealkylation sites (N-methyl/N-ethyl adjacent to an activating group) is 1. The number of ether oxygens (including phenoxy) is 1. The fraction of sp³-hybridized carbons (Fsp3) is 0.933. The molecule has 0 radical (unpaired) electrons. The van der Waals surface area contributed by atoms with E-state index in [0.29, 0.717) is 6.54 Å². The molecule has 0 spiro atoms. The number of nitrogens with one attached hydrogen (secondary N) is 1. The predicted octanol–water partition coefficient (Wildman–Crippen LogP) is 1.78. The van der Waals surface area contributed by atoms with Crippen molar-refractivity contribution in [3.63, 3.8) is 0 Å². The molecule has 1 saturated heterocycles. The van der Waals surface area contributed by atoms with Gasteiger partial charge >= 0.3 is 6.09 Å². The van der Waals surface area contributed by atoms with E-state index >= 15 is 0 Å². The van der Waals surface area contributed by atoms with Gasteiger partial charge in [-0.3, -0.25) is 0 Å². The number of carbonyl (C=O) groups excluding carboxylic acids is 1. The highest BCUT2D eigenvalue weighted by Gasteiger charge is 2.23. The zero-order valence-corrected chi connectivity index (χ0v) is 13.7. The number of alkyl carbamates (subject to hydrolysis) is 1. The van der Waals surface area contributed by atoms with Crippen LogP contribution in [0.15, 0.2) is 0 Å². The van der Waals surface area contributed by atoms with Crippen molar-refractivity contribution in [2.75, 3.05) is 46.3 Å². The molecule has 0 aliphatic carbocycles. The van der Waals surface area contributed by atoms with Crippen molar-refractivity contribution in [2.45, 2.75) is 40.2 Å². The normalized spacial score (nSPS) is 19.6. The molecule has 0 aromatic carbocycles. The van der Waals surface area contributed by atoms with Crippen molar-refractivity contribution in [3.8, 4) is 0 Å². The third-order valence-electron chi connectivity index (χ3n) is 4.02. The number of piperazine rings is 1. The van der Waals surface area contributed by atoms with E-state index in [9.17, 15) is 4.79 Å². The second kappa shape index (κ2) is 7.84. The topological polar surface area (TPSA) is 44.8 Å². The molecule has 1 N–H and O–H groups in total. The van der Waals surface area contributed by atoms with Gasteiger partial charge in [0.1, 0.15) is 6.10 Å². The number of nitrogens with zero attached hydrogens (tertiary/aromatic N) is 2. The number of hydrogen-bond acceptors (Lipinski definition) is 4. The summed E-state index contributed by atoms with van der Waals surface area (Å²) in [5.74, 6) is 0. The van der Waals surface area contributed by atoms with E-state index in [4.69, 9.17) is 4.74 Å². The van der Waals surface area contributed by atoms with Crippen molar-refractivity contribution in [1.29, 1.82) is 0 Å². The molecule has 1 rings (SSSR count). The van der Waals surface area contributed by atoms with Crippen molar-refractivity contribution < 1.29 is 9.53 Å². The molecule has 0 saturated carbocycles. The van der Waals surface area contributed by atoms with Gasteiger partial charge in [-0.15, -0.1) is 0 Å². The second-order valence-electron chi connectivity index (χ2n) is 6.84. The van der Waals surface area contributed by atoms with Crippen LogP contribution in [0.3, 0.4) is 0 Å². The van der Waals surface area contributed by atoms with Gasteiger partial charge in [0.15, 0.2) is 0 Å². The minimum Gasteiger partial charge on any atom is -0.446 e. The maximum atomic E-state index is 11.6. The third-order valence-corrected chi connectivity index (χ3v) is 4.02. The Morgan fingerprint density at radius 2 is 1.85 bits per heavy atom. The molecule has 1 heterocycles. The van der Waals surface area contributed by atoms with Crippen LogP contribution in [0.5, 0.6) is 0 Å². The average Bonchev–Trinajstić information content (AvgIpc) is 2.35. The van der Waals surface area contributed by atoms with E-state index in [2.05, 4.69) is 42.9 Å². The zero-order chi connectivity index (χ0) is 15.2. The summed E-state index contributed by atoms with van der Waals surface area (Å²) in [5.41, 5.74) is -0.0167. The third kappa shape index (κ3) is 6.57. The molecule has 118 valence electrons. The molecule has 0 aromatic heterocycles. The first-order valence-corrected chi connectivity index (χ1v) is 7.64. The Kier molecular flexibility index (Phi) is 6.76.